The molecule has 2 nitrogen and oxygen atoms in total. The van der Waals surface area contributed by atoms with Gasteiger partial charge in [-0.2, -0.15) is 0 Å². The number of hydrogen-bond acceptors (Lipinski definition) is 2. The predicted molar refractivity (Wildman–Crippen MR) is 55.6 cm³/mol. The maximum Gasteiger partial charge on any atom is 0.150 e. The molecule has 0 spiro atoms. The molecular weight excluding hydrogens is 176 g/mol. The highest BCUT2D eigenvalue weighted by Crippen LogP contribution is 2.28. The Morgan fingerprint density at radius 1 is 1.50 bits per heavy atom. The number of fused-ring (bicyclic) bond motifs is 1. The largest absolute Gasteiger partial charge is 0.486 e. The van der Waals surface area contributed by atoms with Crippen molar-refractivity contribution in [2.24, 2.45) is 0 Å². The predicted octanol–water partition coefficient (Wildman–Crippen LogP) is 2.68. The quantitative estimate of drug-likeness (QED) is 0.667. The first kappa shape index (κ1) is 9.00. The first-order chi connectivity index (χ1) is 6.85. The third kappa shape index (κ3) is 1.43. The molecule has 0 saturated carbocycles. The Balaban J connectivity index is 2.44. The fraction of sp³-hybridized carbons (Fsp3) is 0.250. The van der Waals surface area contributed by atoms with Crippen LogP contribution in [0.15, 0.2) is 24.3 Å². The van der Waals surface area contributed by atoms with Crippen molar-refractivity contribution in [2.45, 2.75) is 19.4 Å². The van der Waals surface area contributed by atoms with Gasteiger partial charge in [-0.05, 0) is 18.6 Å². The molecule has 72 valence electrons. The van der Waals surface area contributed by atoms with Gasteiger partial charge in [-0.1, -0.05) is 25.1 Å². The minimum atomic E-state index is 0.143. The summed E-state index contributed by atoms with van der Waals surface area (Å²) in [6.45, 7) is 2.07. The maximum atomic E-state index is 10.7. The molecule has 1 aliphatic rings. The van der Waals surface area contributed by atoms with Gasteiger partial charge in [-0.25, -0.2) is 0 Å². The Bertz CT molecular complexity index is 380. The van der Waals surface area contributed by atoms with Crippen LogP contribution in [0.4, 0.5) is 0 Å². The molecule has 2 rings (SSSR count). The van der Waals surface area contributed by atoms with Crippen molar-refractivity contribution < 1.29 is 9.53 Å². The molecule has 0 fully saturated rings. The van der Waals surface area contributed by atoms with Crippen LogP contribution in [0.5, 0.6) is 5.75 Å². The average molecular weight is 188 g/mol. The molecule has 1 aliphatic heterocycles. The second kappa shape index (κ2) is 3.66. The van der Waals surface area contributed by atoms with Crippen molar-refractivity contribution >= 4 is 12.4 Å². The van der Waals surface area contributed by atoms with Crippen molar-refractivity contribution in [1.82, 2.24) is 0 Å². The lowest BCUT2D eigenvalue weighted by molar-refractivity contribution is 0.112. The highest BCUT2D eigenvalue weighted by Gasteiger charge is 2.14. The van der Waals surface area contributed by atoms with Crippen LogP contribution in [0.2, 0.25) is 0 Å². The van der Waals surface area contributed by atoms with E-state index in [1.54, 1.807) is 6.07 Å². The number of ether oxygens (including phenoxy) is 1. The van der Waals surface area contributed by atoms with Gasteiger partial charge in [-0.15, -0.1) is 0 Å². The number of aldehydes is 1. The van der Waals surface area contributed by atoms with E-state index in [4.69, 9.17) is 4.74 Å². The van der Waals surface area contributed by atoms with Crippen LogP contribution in [0, 0.1) is 0 Å². The van der Waals surface area contributed by atoms with Crippen molar-refractivity contribution in [3.63, 3.8) is 0 Å². The zero-order valence-corrected chi connectivity index (χ0v) is 8.07. The van der Waals surface area contributed by atoms with Crippen LogP contribution in [-0.4, -0.2) is 12.4 Å². The molecule has 14 heavy (non-hydrogen) atoms. The summed E-state index contributed by atoms with van der Waals surface area (Å²) in [5, 5.41) is 0. The molecular formula is C12H12O2. The van der Waals surface area contributed by atoms with Crippen LogP contribution in [0.3, 0.4) is 0 Å². The van der Waals surface area contributed by atoms with E-state index < -0.39 is 0 Å². The topological polar surface area (TPSA) is 26.3 Å². The summed E-state index contributed by atoms with van der Waals surface area (Å²) in [5.74, 6) is 0.809. The Morgan fingerprint density at radius 2 is 2.36 bits per heavy atom. The normalized spacial score (nSPS) is 18.5. The Hall–Kier alpha value is -1.57. The van der Waals surface area contributed by atoms with E-state index in [0.29, 0.717) is 5.56 Å². The number of carbonyl (C=O) groups excluding carboxylic acids is 1. The minimum absolute atomic E-state index is 0.143. The van der Waals surface area contributed by atoms with Crippen LogP contribution in [0.25, 0.3) is 6.08 Å². The molecule has 0 amide bonds. The highest BCUT2D eigenvalue weighted by molar-refractivity contribution is 5.84. The van der Waals surface area contributed by atoms with Gasteiger partial charge < -0.3 is 4.74 Å². The van der Waals surface area contributed by atoms with Gasteiger partial charge in [0.2, 0.25) is 0 Å². The fourth-order valence-corrected chi connectivity index (χ4v) is 1.57. The van der Waals surface area contributed by atoms with Crippen LogP contribution in [-0.2, 0) is 0 Å². The van der Waals surface area contributed by atoms with Crippen molar-refractivity contribution in [1.29, 1.82) is 0 Å². The van der Waals surface area contributed by atoms with Gasteiger partial charge in [-0.3, -0.25) is 4.79 Å². The molecule has 1 atom stereocenters. The van der Waals surface area contributed by atoms with Crippen LogP contribution in [0.1, 0.15) is 29.3 Å². The summed E-state index contributed by atoms with van der Waals surface area (Å²) in [5.41, 5.74) is 1.58. The highest BCUT2D eigenvalue weighted by atomic mass is 16.5. The van der Waals surface area contributed by atoms with E-state index >= 15 is 0 Å². The Kier molecular flexibility index (Phi) is 2.35. The van der Waals surface area contributed by atoms with E-state index in [1.807, 2.05) is 24.3 Å². The number of rotatable bonds is 2. The van der Waals surface area contributed by atoms with Crippen molar-refractivity contribution in [2.75, 3.05) is 0 Å². The molecule has 1 heterocycles. The second-order valence-corrected chi connectivity index (χ2v) is 3.30. The van der Waals surface area contributed by atoms with E-state index in [2.05, 4.69) is 6.92 Å². The lowest BCUT2D eigenvalue weighted by atomic mass is 10.0. The van der Waals surface area contributed by atoms with Gasteiger partial charge in [0, 0.05) is 11.1 Å². The summed E-state index contributed by atoms with van der Waals surface area (Å²) >= 11 is 0. The summed E-state index contributed by atoms with van der Waals surface area (Å²) in [6.07, 6.45) is 5.91. The summed E-state index contributed by atoms with van der Waals surface area (Å²) in [7, 11) is 0. The molecule has 0 N–H and O–H groups in total. The summed E-state index contributed by atoms with van der Waals surface area (Å²) < 4.78 is 5.68. The van der Waals surface area contributed by atoms with Crippen molar-refractivity contribution in [3.8, 4) is 5.75 Å². The molecule has 0 aliphatic carbocycles. The molecule has 2 heteroatoms. The SMILES string of the molecule is CCC1C=Cc2c(C=O)cccc2O1. The van der Waals surface area contributed by atoms with Gasteiger partial charge in [0.15, 0.2) is 6.29 Å². The first-order valence-corrected chi connectivity index (χ1v) is 4.78. The lowest BCUT2D eigenvalue weighted by Crippen LogP contribution is -2.16. The number of carbonyl (C=O) groups is 1. The molecule has 1 aromatic rings. The van der Waals surface area contributed by atoms with Gasteiger partial charge in [0.1, 0.15) is 11.9 Å². The average Bonchev–Trinajstić information content (AvgIpc) is 2.27. The van der Waals surface area contributed by atoms with E-state index in [-0.39, 0.29) is 6.10 Å². The fourth-order valence-electron chi connectivity index (χ4n) is 1.57. The third-order valence-corrected chi connectivity index (χ3v) is 2.39. The van der Waals surface area contributed by atoms with Crippen molar-refractivity contribution in [3.05, 3.63) is 35.4 Å². The first-order valence-electron chi connectivity index (χ1n) is 4.78. The molecule has 0 radical (unpaired) electrons. The number of benzene rings is 1. The molecule has 0 saturated heterocycles. The number of hydrogen-bond donors (Lipinski definition) is 0. The molecule has 1 aromatic carbocycles. The smallest absolute Gasteiger partial charge is 0.150 e. The van der Waals surface area contributed by atoms with Gasteiger partial charge >= 0.3 is 0 Å². The minimum Gasteiger partial charge on any atom is -0.486 e. The van der Waals surface area contributed by atoms with E-state index in [0.717, 1.165) is 24.0 Å². The van der Waals surface area contributed by atoms with E-state index in [9.17, 15) is 4.79 Å². The molecule has 1 unspecified atom stereocenters. The zero-order chi connectivity index (χ0) is 9.97. The van der Waals surface area contributed by atoms with Crippen LogP contribution < -0.4 is 4.74 Å². The summed E-state index contributed by atoms with van der Waals surface area (Å²) in [6, 6.07) is 5.54. The third-order valence-electron chi connectivity index (χ3n) is 2.39. The standard InChI is InChI=1S/C12H12O2/c1-2-10-6-7-11-9(8-13)4-3-5-12(11)14-10/h3-8,10H,2H2,1H3. The Morgan fingerprint density at radius 3 is 3.07 bits per heavy atom. The Labute approximate surface area is 83.2 Å². The van der Waals surface area contributed by atoms with Gasteiger partial charge in [0.25, 0.3) is 0 Å². The van der Waals surface area contributed by atoms with Gasteiger partial charge in [0.05, 0.1) is 0 Å². The second-order valence-electron chi connectivity index (χ2n) is 3.30. The van der Waals surface area contributed by atoms with E-state index in [1.165, 1.54) is 0 Å². The lowest BCUT2D eigenvalue weighted by Gasteiger charge is -2.20. The monoisotopic (exact) mass is 188 g/mol. The zero-order valence-electron chi connectivity index (χ0n) is 8.07. The summed E-state index contributed by atoms with van der Waals surface area (Å²) in [4.78, 5) is 10.7. The maximum absolute atomic E-state index is 10.7. The van der Waals surface area contributed by atoms with Crippen LogP contribution >= 0.6 is 0 Å². The molecule has 0 bridgehead atoms. The molecule has 0 aromatic heterocycles.